The van der Waals surface area contributed by atoms with E-state index in [0.717, 1.165) is 12.8 Å². The predicted molar refractivity (Wildman–Crippen MR) is 58.1 cm³/mol. The number of carbonyl (C=O) groups is 2. The molecule has 1 N–H and O–H groups in total. The largest absolute Gasteiger partial charge is 0.481 e. The second kappa shape index (κ2) is 6.48. The molecule has 1 fully saturated rings. The quantitative estimate of drug-likeness (QED) is 0.760. The summed E-state index contributed by atoms with van der Waals surface area (Å²) in [6, 6.07) is 0.153. The van der Waals surface area contributed by atoms with Crippen molar-refractivity contribution in [2.45, 2.75) is 38.6 Å². The molecule has 1 rings (SSSR count). The number of aliphatic carboxylic acids is 1. The van der Waals surface area contributed by atoms with Gasteiger partial charge in [0.1, 0.15) is 0 Å². The van der Waals surface area contributed by atoms with Gasteiger partial charge >= 0.3 is 5.97 Å². The molecule has 1 heterocycles. The molecule has 0 unspecified atom stereocenters. The summed E-state index contributed by atoms with van der Waals surface area (Å²) in [4.78, 5) is 24.0. The van der Waals surface area contributed by atoms with Gasteiger partial charge in [-0.05, 0) is 12.8 Å². The molecule has 1 saturated heterocycles. The molecule has 5 nitrogen and oxygen atoms in total. The zero-order valence-corrected chi connectivity index (χ0v) is 9.65. The van der Waals surface area contributed by atoms with E-state index in [0.29, 0.717) is 26.2 Å². The molecule has 0 bridgehead atoms. The fourth-order valence-corrected chi connectivity index (χ4v) is 1.93. The highest BCUT2D eigenvalue weighted by Gasteiger charge is 2.24. The van der Waals surface area contributed by atoms with Gasteiger partial charge in [0.15, 0.2) is 0 Å². The molecule has 1 aliphatic heterocycles. The van der Waals surface area contributed by atoms with Crippen molar-refractivity contribution < 1.29 is 19.4 Å². The lowest BCUT2D eigenvalue weighted by Crippen LogP contribution is -2.44. The molecule has 0 atom stereocenters. The molecule has 5 heteroatoms. The number of carbonyl (C=O) groups excluding carboxylic acids is 1. The molecule has 92 valence electrons. The van der Waals surface area contributed by atoms with Crippen molar-refractivity contribution in [1.82, 2.24) is 4.90 Å². The summed E-state index contributed by atoms with van der Waals surface area (Å²) in [6.45, 7) is 3.43. The lowest BCUT2D eigenvalue weighted by Gasteiger charge is -2.34. The van der Waals surface area contributed by atoms with E-state index in [1.165, 1.54) is 0 Å². The van der Waals surface area contributed by atoms with E-state index >= 15 is 0 Å². The van der Waals surface area contributed by atoms with Crippen LogP contribution in [0.25, 0.3) is 0 Å². The van der Waals surface area contributed by atoms with Gasteiger partial charge < -0.3 is 14.7 Å². The molecule has 1 amide bonds. The van der Waals surface area contributed by atoms with Gasteiger partial charge in [0.05, 0.1) is 6.42 Å². The predicted octanol–water partition coefficient (Wildman–Crippen LogP) is 0.879. The number of carboxylic acids is 1. The van der Waals surface area contributed by atoms with Gasteiger partial charge in [-0.2, -0.15) is 0 Å². The highest BCUT2D eigenvalue weighted by Crippen LogP contribution is 2.15. The number of hydrogen-bond donors (Lipinski definition) is 1. The minimum absolute atomic E-state index is 0.0170. The minimum Gasteiger partial charge on any atom is -0.481 e. The third-order valence-electron chi connectivity index (χ3n) is 2.82. The van der Waals surface area contributed by atoms with E-state index in [2.05, 4.69) is 0 Å². The van der Waals surface area contributed by atoms with Crippen LogP contribution in [0.1, 0.15) is 32.6 Å². The van der Waals surface area contributed by atoms with Crippen molar-refractivity contribution in [3.8, 4) is 0 Å². The molecular weight excluding hydrogens is 210 g/mol. The van der Waals surface area contributed by atoms with Crippen molar-refractivity contribution in [2.75, 3.05) is 19.8 Å². The van der Waals surface area contributed by atoms with E-state index < -0.39 is 5.97 Å². The van der Waals surface area contributed by atoms with Crippen molar-refractivity contribution in [2.24, 2.45) is 0 Å². The zero-order valence-electron chi connectivity index (χ0n) is 9.65. The molecule has 0 aromatic rings. The molecule has 0 radical (unpaired) electrons. The maximum Gasteiger partial charge on any atom is 0.305 e. The van der Waals surface area contributed by atoms with Gasteiger partial charge in [0.2, 0.25) is 5.91 Å². The van der Waals surface area contributed by atoms with Crippen LogP contribution in [0, 0.1) is 0 Å². The standard InChI is InChI=1S/C11H19NO4/c1-2-10(13)12(6-3-11(14)15)9-4-7-16-8-5-9/h9H,2-8H2,1H3,(H,14,15). The third kappa shape index (κ3) is 3.81. The third-order valence-corrected chi connectivity index (χ3v) is 2.82. The van der Waals surface area contributed by atoms with Gasteiger partial charge in [-0.3, -0.25) is 9.59 Å². The Morgan fingerprint density at radius 1 is 1.38 bits per heavy atom. The van der Waals surface area contributed by atoms with Crippen LogP contribution < -0.4 is 0 Å². The number of carboxylic acid groups (broad SMARTS) is 1. The maximum absolute atomic E-state index is 11.7. The van der Waals surface area contributed by atoms with Crippen LogP contribution >= 0.6 is 0 Å². The Hall–Kier alpha value is -1.10. The second-order valence-electron chi connectivity index (χ2n) is 3.93. The van der Waals surface area contributed by atoms with Crippen LogP contribution in [0.3, 0.4) is 0 Å². The summed E-state index contributed by atoms with van der Waals surface area (Å²) in [5.41, 5.74) is 0. The lowest BCUT2D eigenvalue weighted by atomic mass is 10.1. The Kier molecular flexibility index (Phi) is 5.25. The summed E-state index contributed by atoms with van der Waals surface area (Å²) in [7, 11) is 0. The average molecular weight is 229 g/mol. The number of hydrogen-bond acceptors (Lipinski definition) is 3. The number of nitrogens with zero attached hydrogens (tertiary/aromatic N) is 1. The summed E-state index contributed by atoms with van der Waals surface area (Å²) >= 11 is 0. The van der Waals surface area contributed by atoms with Crippen LogP contribution in [0.2, 0.25) is 0 Å². The summed E-state index contributed by atoms with van der Waals surface area (Å²) in [5.74, 6) is -0.825. The maximum atomic E-state index is 11.7. The first-order valence-corrected chi connectivity index (χ1v) is 5.74. The van der Waals surface area contributed by atoms with Crippen molar-refractivity contribution in [1.29, 1.82) is 0 Å². The zero-order chi connectivity index (χ0) is 12.0. The van der Waals surface area contributed by atoms with Crippen LogP contribution in [0.4, 0.5) is 0 Å². The van der Waals surface area contributed by atoms with Crippen LogP contribution in [0.15, 0.2) is 0 Å². The van der Waals surface area contributed by atoms with E-state index in [4.69, 9.17) is 9.84 Å². The van der Waals surface area contributed by atoms with Crippen molar-refractivity contribution in [3.05, 3.63) is 0 Å². The Balaban J connectivity index is 2.54. The van der Waals surface area contributed by atoms with E-state index in [1.54, 1.807) is 11.8 Å². The van der Waals surface area contributed by atoms with Gasteiger partial charge in [0, 0.05) is 32.2 Å². The van der Waals surface area contributed by atoms with Gasteiger partial charge in [-0.15, -0.1) is 0 Å². The van der Waals surface area contributed by atoms with E-state index in [1.807, 2.05) is 0 Å². The lowest BCUT2D eigenvalue weighted by molar-refractivity contribution is -0.140. The fourth-order valence-electron chi connectivity index (χ4n) is 1.93. The highest BCUT2D eigenvalue weighted by molar-refractivity contribution is 5.77. The average Bonchev–Trinajstić information content (AvgIpc) is 2.30. The molecule has 0 aromatic heterocycles. The first-order valence-electron chi connectivity index (χ1n) is 5.74. The van der Waals surface area contributed by atoms with Gasteiger partial charge in [-0.25, -0.2) is 0 Å². The number of rotatable bonds is 5. The van der Waals surface area contributed by atoms with Gasteiger partial charge in [-0.1, -0.05) is 6.92 Å². The summed E-state index contributed by atoms with van der Waals surface area (Å²) in [5, 5.41) is 8.65. The highest BCUT2D eigenvalue weighted by atomic mass is 16.5. The molecule has 0 saturated carbocycles. The molecular formula is C11H19NO4. The SMILES string of the molecule is CCC(=O)N(CCC(=O)O)C1CCOCC1. The normalized spacial score (nSPS) is 17.1. The first-order chi connectivity index (χ1) is 7.65. The van der Waals surface area contributed by atoms with Gasteiger partial charge in [0.25, 0.3) is 0 Å². The Labute approximate surface area is 95.4 Å². The van der Waals surface area contributed by atoms with E-state index in [9.17, 15) is 9.59 Å². The van der Waals surface area contributed by atoms with Crippen LogP contribution in [0.5, 0.6) is 0 Å². The molecule has 1 aliphatic rings. The Bertz CT molecular complexity index is 248. The Morgan fingerprint density at radius 3 is 2.50 bits per heavy atom. The van der Waals surface area contributed by atoms with Crippen molar-refractivity contribution in [3.63, 3.8) is 0 Å². The first kappa shape index (κ1) is 13.0. The van der Waals surface area contributed by atoms with Crippen LogP contribution in [-0.2, 0) is 14.3 Å². The smallest absolute Gasteiger partial charge is 0.305 e. The van der Waals surface area contributed by atoms with E-state index in [-0.39, 0.29) is 18.4 Å². The number of ether oxygens (including phenoxy) is 1. The fraction of sp³-hybridized carbons (Fsp3) is 0.818. The molecule has 16 heavy (non-hydrogen) atoms. The minimum atomic E-state index is -0.860. The number of amides is 1. The molecule has 0 aromatic carbocycles. The van der Waals surface area contributed by atoms with Crippen LogP contribution in [-0.4, -0.2) is 47.7 Å². The molecule has 0 spiro atoms. The van der Waals surface area contributed by atoms with Crippen molar-refractivity contribution >= 4 is 11.9 Å². The Morgan fingerprint density at radius 2 is 2.00 bits per heavy atom. The summed E-state index contributed by atoms with van der Waals surface area (Å²) in [6.07, 6.45) is 2.07. The topological polar surface area (TPSA) is 66.8 Å². The monoisotopic (exact) mass is 229 g/mol. The second-order valence-corrected chi connectivity index (χ2v) is 3.93. The summed E-state index contributed by atoms with van der Waals surface area (Å²) < 4.78 is 5.23. The molecule has 0 aliphatic carbocycles.